The third-order valence-corrected chi connectivity index (χ3v) is 6.09. The first-order valence-corrected chi connectivity index (χ1v) is 11.0. The standard InChI is InChI=1S/C21H28F3N5S.HI/c1-15-7-9-29(10-8-15)13-17-5-3-16(4-6-17)11-26-20(25-2)27-12-19-28-18(14-30-19)21(22,23)24;/h3-6,14-15H,7-13H2,1-2H3,(H2,25,26,27);1H. The lowest BCUT2D eigenvalue weighted by atomic mass is 9.99. The SMILES string of the molecule is CN=C(NCc1ccc(CN2CCC(C)CC2)cc1)NCc1nc(C(F)(F)F)cs1.I. The molecule has 3 rings (SSSR count). The minimum Gasteiger partial charge on any atom is -0.352 e. The van der Waals surface area contributed by atoms with Gasteiger partial charge in [-0.3, -0.25) is 9.89 Å². The van der Waals surface area contributed by atoms with Crippen LogP contribution in [0.15, 0.2) is 34.6 Å². The first-order valence-electron chi connectivity index (χ1n) is 10.1. The van der Waals surface area contributed by atoms with Crippen molar-refractivity contribution in [1.82, 2.24) is 20.5 Å². The van der Waals surface area contributed by atoms with E-state index in [1.807, 2.05) is 0 Å². The molecule has 1 aromatic carbocycles. The first kappa shape index (κ1) is 25.9. The molecule has 1 aliphatic heterocycles. The fraction of sp³-hybridized carbons (Fsp3) is 0.524. The van der Waals surface area contributed by atoms with E-state index in [0.717, 1.165) is 47.8 Å². The third kappa shape index (κ3) is 8.23. The monoisotopic (exact) mass is 567 g/mol. The molecule has 2 N–H and O–H groups in total. The predicted molar refractivity (Wildman–Crippen MR) is 130 cm³/mol. The predicted octanol–water partition coefficient (Wildman–Crippen LogP) is 4.88. The van der Waals surface area contributed by atoms with Gasteiger partial charge in [-0.1, -0.05) is 31.2 Å². The minimum atomic E-state index is -4.41. The highest BCUT2D eigenvalue weighted by Crippen LogP contribution is 2.29. The topological polar surface area (TPSA) is 52.6 Å². The van der Waals surface area contributed by atoms with Gasteiger partial charge in [0, 0.05) is 25.5 Å². The number of benzene rings is 1. The van der Waals surface area contributed by atoms with E-state index in [0.29, 0.717) is 17.5 Å². The van der Waals surface area contributed by atoms with Crippen molar-refractivity contribution in [1.29, 1.82) is 0 Å². The van der Waals surface area contributed by atoms with Crippen molar-refractivity contribution in [3.63, 3.8) is 0 Å². The molecule has 10 heteroatoms. The molecule has 0 amide bonds. The number of alkyl halides is 3. The molecule has 1 aliphatic rings. The van der Waals surface area contributed by atoms with E-state index in [-0.39, 0.29) is 30.5 Å². The number of aromatic nitrogens is 1. The van der Waals surface area contributed by atoms with Gasteiger partial charge in [0.1, 0.15) is 5.01 Å². The smallest absolute Gasteiger partial charge is 0.352 e. The van der Waals surface area contributed by atoms with E-state index in [1.165, 1.54) is 18.4 Å². The molecule has 0 aliphatic carbocycles. The molecular formula is C21H29F3IN5S. The Morgan fingerprint density at radius 3 is 2.32 bits per heavy atom. The maximum atomic E-state index is 12.6. The lowest BCUT2D eigenvalue weighted by Gasteiger charge is -2.30. The highest BCUT2D eigenvalue weighted by Gasteiger charge is 2.33. The zero-order valence-corrected chi connectivity index (χ0v) is 20.9. The fourth-order valence-electron chi connectivity index (χ4n) is 3.33. The van der Waals surface area contributed by atoms with Crippen LogP contribution in [0.2, 0.25) is 0 Å². The molecule has 172 valence electrons. The maximum Gasteiger partial charge on any atom is 0.434 e. The number of guanidine groups is 1. The van der Waals surface area contributed by atoms with Crippen LogP contribution in [-0.2, 0) is 25.8 Å². The molecule has 0 radical (unpaired) electrons. The number of likely N-dealkylation sites (tertiary alicyclic amines) is 1. The Morgan fingerprint density at radius 2 is 1.74 bits per heavy atom. The van der Waals surface area contributed by atoms with Crippen LogP contribution in [0.1, 0.15) is 41.6 Å². The molecule has 0 bridgehead atoms. The molecule has 2 aromatic rings. The van der Waals surface area contributed by atoms with E-state index in [9.17, 15) is 13.2 Å². The Kier molecular flexibility index (Phi) is 10.0. The second-order valence-corrected chi connectivity index (χ2v) is 8.62. The molecule has 1 saturated heterocycles. The number of nitrogens with one attached hydrogen (secondary N) is 2. The van der Waals surface area contributed by atoms with Crippen molar-refractivity contribution in [3.05, 3.63) is 51.5 Å². The van der Waals surface area contributed by atoms with Gasteiger partial charge in [0.25, 0.3) is 0 Å². The summed E-state index contributed by atoms with van der Waals surface area (Å²) in [4.78, 5) is 10.2. The largest absolute Gasteiger partial charge is 0.434 e. The molecule has 31 heavy (non-hydrogen) atoms. The van der Waals surface area contributed by atoms with Crippen LogP contribution in [-0.4, -0.2) is 36.0 Å². The number of thiazole rings is 1. The van der Waals surface area contributed by atoms with E-state index < -0.39 is 11.9 Å². The summed E-state index contributed by atoms with van der Waals surface area (Å²) in [5.41, 5.74) is 1.56. The zero-order chi connectivity index (χ0) is 21.6. The summed E-state index contributed by atoms with van der Waals surface area (Å²) in [5, 5.41) is 7.57. The van der Waals surface area contributed by atoms with Gasteiger partial charge in [0.15, 0.2) is 11.7 Å². The van der Waals surface area contributed by atoms with Gasteiger partial charge in [0.05, 0.1) is 6.54 Å². The summed E-state index contributed by atoms with van der Waals surface area (Å²) in [7, 11) is 1.63. The molecule has 1 aromatic heterocycles. The summed E-state index contributed by atoms with van der Waals surface area (Å²) in [6, 6.07) is 8.50. The zero-order valence-electron chi connectivity index (χ0n) is 17.7. The summed E-state index contributed by atoms with van der Waals surface area (Å²) < 4.78 is 37.9. The molecule has 0 atom stereocenters. The van der Waals surface area contributed by atoms with Crippen molar-refractivity contribution in [2.24, 2.45) is 10.9 Å². The van der Waals surface area contributed by atoms with Gasteiger partial charge < -0.3 is 10.6 Å². The highest BCUT2D eigenvalue weighted by molar-refractivity contribution is 14.0. The van der Waals surface area contributed by atoms with Crippen LogP contribution < -0.4 is 10.6 Å². The van der Waals surface area contributed by atoms with Crippen molar-refractivity contribution >= 4 is 41.3 Å². The Labute approximate surface area is 202 Å². The first-order chi connectivity index (χ1) is 14.3. The second-order valence-electron chi connectivity index (χ2n) is 7.68. The molecule has 0 saturated carbocycles. The molecule has 2 heterocycles. The Bertz CT molecular complexity index is 830. The van der Waals surface area contributed by atoms with Gasteiger partial charge in [-0.2, -0.15) is 13.2 Å². The van der Waals surface area contributed by atoms with Gasteiger partial charge in [0.2, 0.25) is 0 Å². The number of aliphatic imine (C=N–C) groups is 1. The van der Waals surface area contributed by atoms with Crippen molar-refractivity contribution in [2.75, 3.05) is 20.1 Å². The van der Waals surface area contributed by atoms with Gasteiger partial charge in [-0.15, -0.1) is 35.3 Å². The molecule has 1 fully saturated rings. The number of rotatable bonds is 6. The van der Waals surface area contributed by atoms with E-state index >= 15 is 0 Å². The summed E-state index contributed by atoms with van der Waals surface area (Å²) in [6.07, 6.45) is -1.87. The summed E-state index contributed by atoms with van der Waals surface area (Å²) in [6.45, 7) is 6.39. The lowest BCUT2D eigenvalue weighted by molar-refractivity contribution is -0.140. The summed E-state index contributed by atoms with van der Waals surface area (Å²) >= 11 is 0.979. The van der Waals surface area contributed by atoms with Crippen LogP contribution >= 0.6 is 35.3 Å². The van der Waals surface area contributed by atoms with Crippen molar-refractivity contribution in [3.8, 4) is 0 Å². The number of piperidine rings is 1. The fourth-order valence-corrected chi connectivity index (χ4v) is 4.07. The number of hydrogen-bond acceptors (Lipinski definition) is 4. The number of halogens is 4. The van der Waals surface area contributed by atoms with Crippen LogP contribution in [0.3, 0.4) is 0 Å². The van der Waals surface area contributed by atoms with Gasteiger partial charge >= 0.3 is 6.18 Å². The van der Waals surface area contributed by atoms with E-state index in [2.05, 4.69) is 56.7 Å². The van der Waals surface area contributed by atoms with Crippen molar-refractivity contribution < 1.29 is 13.2 Å². The second kappa shape index (κ2) is 12.0. The molecule has 0 spiro atoms. The van der Waals surface area contributed by atoms with Crippen LogP contribution in [0, 0.1) is 5.92 Å². The Balaban J connectivity index is 0.00000341. The normalized spacial score (nSPS) is 16.1. The average Bonchev–Trinajstić information content (AvgIpc) is 3.21. The number of nitrogens with zero attached hydrogens (tertiary/aromatic N) is 3. The van der Waals surface area contributed by atoms with Gasteiger partial charge in [-0.25, -0.2) is 4.98 Å². The average molecular weight is 567 g/mol. The van der Waals surface area contributed by atoms with Crippen molar-refractivity contribution in [2.45, 2.75) is 45.6 Å². The van der Waals surface area contributed by atoms with Crippen LogP contribution in [0.4, 0.5) is 13.2 Å². The minimum absolute atomic E-state index is 0. The molecular weight excluding hydrogens is 538 g/mol. The molecule has 0 unspecified atom stereocenters. The van der Waals surface area contributed by atoms with Crippen LogP contribution in [0.5, 0.6) is 0 Å². The van der Waals surface area contributed by atoms with Gasteiger partial charge in [-0.05, 0) is 43.0 Å². The van der Waals surface area contributed by atoms with Crippen LogP contribution in [0.25, 0.3) is 0 Å². The van der Waals surface area contributed by atoms with E-state index in [1.54, 1.807) is 7.05 Å². The molecule has 5 nitrogen and oxygen atoms in total. The van der Waals surface area contributed by atoms with E-state index in [4.69, 9.17) is 0 Å². The Hall–Kier alpha value is -1.40. The lowest BCUT2D eigenvalue weighted by Crippen LogP contribution is -2.36. The summed E-state index contributed by atoms with van der Waals surface area (Å²) in [5.74, 6) is 1.35. The quantitative estimate of drug-likeness (QED) is 0.297. The highest BCUT2D eigenvalue weighted by atomic mass is 127. The third-order valence-electron chi connectivity index (χ3n) is 5.24. The maximum absolute atomic E-state index is 12.6. The Morgan fingerprint density at radius 1 is 1.13 bits per heavy atom. The number of hydrogen-bond donors (Lipinski definition) is 2.